The summed E-state index contributed by atoms with van der Waals surface area (Å²) in [7, 11) is 5.28. The number of ketones is 1. The maximum atomic E-state index is 13.7. The number of nitrogens with one attached hydrogen (secondary N) is 2. The van der Waals surface area contributed by atoms with Crippen LogP contribution in [0.4, 0.5) is 11.4 Å². The Labute approximate surface area is 229 Å². The van der Waals surface area contributed by atoms with Gasteiger partial charge < -0.3 is 29.9 Å². The summed E-state index contributed by atoms with van der Waals surface area (Å²) in [6.07, 6.45) is 0. The molecule has 1 unspecified atom stereocenters. The van der Waals surface area contributed by atoms with Gasteiger partial charge in [-0.3, -0.25) is 15.0 Å². The lowest BCUT2D eigenvalue weighted by atomic mass is 9.84. The van der Waals surface area contributed by atoms with Crippen LogP contribution in [-0.2, 0) is 16.8 Å². The molecule has 10 nitrogen and oxygen atoms in total. The van der Waals surface area contributed by atoms with E-state index in [9.17, 15) is 19.5 Å². The van der Waals surface area contributed by atoms with Crippen LogP contribution in [0.5, 0.6) is 5.75 Å². The molecule has 2 aliphatic heterocycles. The molecule has 0 radical (unpaired) electrons. The van der Waals surface area contributed by atoms with Gasteiger partial charge in [0.25, 0.3) is 5.91 Å². The standard InChI is InChI=1S/C29H37N5O5/c1-16(28(37)38)34-8-9-39-25-21(29(2,3)4)10-17(11-23(25)34)24(35)15-33-14-18-12-22(32(6)7)20(27(36)31-5)13-19(18)26(33)30/h10-13,16,30H,8-9,14-15H2,1-7H3,(H,31,36)(H,37,38). The minimum atomic E-state index is -0.951. The van der Waals surface area contributed by atoms with Crippen LogP contribution in [0.1, 0.15) is 65.1 Å². The quantitative estimate of drug-likeness (QED) is 0.462. The van der Waals surface area contributed by atoms with Gasteiger partial charge in [-0.25, -0.2) is 4.79 Å². The third-order valence-electron chi connectivity index (χ3n) is 7.35. The highest BCUT2D eigenvalue weighted by Gasteiger charge is 2.34. The highest BCUT2D eigenvalue weighted by Crippen LogP contribution is 2.43. The maximum absolute atomic E-state index is 13.7. The third kappa shape index (κ3) is 5.15. The van der Waals surface area contributed by atoms with E-state index in [1.54, 1.807) is 35.9 Å². The van der Waals surface area contributed by atoms with E-state index < -0.39 is 12.0 Å². The highest BCUT2D eigenvalue weighted by atomic mass is 16.5. The number of benzene rings is 2. The van der Waals surface area contributed by atoms with Crippen LogP contribution in [-0.4, -0.2) is 80.4 Å². The van der Waals surface area contributed by atoms with Gasteiger partial charge in [-0.05, 0) is 42.2 Å². The number of hydrogen-bond donors (Lipinski definition) is 3. The van der Waals surface area contributed by atoms with Gasteiger partial charge in [-0.2, -0.15) is 0 Å². The summed E-state index contributed by atoms with van der Waals surface area (Å²) in [4.78, 5) is 43.3. The van der Waals surface area contributed by atoms with E-state index in [-0.39, 0.29) is 29.5 Å². The number of carbonyl (C=O) groups is 3. The number of ether oxygens (including phenoxy) is 1. The molecule has 0 aliphatic carbocycles. The molecule has 2 aromatic carbocycles. The Morgan fingerprint density at radius 3 is 2.46 bits per heavy atom. The fourth-order valence-corrected chi connectivity index (χ4v) is 5.12. The second kappa shape index (κ2) is 10.2. The van der Waals surface area contributed by atoms with Crippen LogP contribution < -0.4 is 19.9 Å². The predicted octanol–water partition coefficient (Wildman–Crippen LogP) is 3.11. The molecule has 0 saturated carbocycles. The van der Waals surface area contributed by atoms with Crippen molar-refractivity contribution < 1.29 is 24.2 Å². The number of fused-ring (bicyclic) bond motifs is 2. The summed E-state index contributed by atoms with van der Waals surface area (Å²) < 4.78 is 6.01. The number of carbonyl (C=O) groups excluding carboxylic acids is 2. The summed E-state index contributed by atoms with van der Waals surface area (Å²) in [6.45, 7) is 8.80. The molecule has 0 spiro atoms. The number of amides is 1. The molecule has 1 amide bonds. The molecule has 39 heavy (non-hydrogen) atoms. The lowest BCUT2D eigenvalue weighted by molar-refractivity contribution is -0.138. The SMILES string of the molecule is CNC(=O)c1cc2c(cc1N(C)C)CN(CC(=O)c1cc3c(c(C(C)(C)C)c1)OCCN3C(C)C(=O)O)C2=N. The summed E-state index contributed by atoms with van der Waals surface area (Å²) >= 11 is 0. The molecule has 2 aliphatic rings. The van der Waals surface area contributed by atoms with Gasteiger partial charge >= 0.3 is 5.97 Å². The minimum absolute atomic E-state index is 0.0299. The third-order valence-corrected chi connectivity index (χ3v) is 7.35. The molecule has 2 heterocycles. The van der Waals surface area contributed by atoms with Crippen molar-refractivity contribution in [3.63, 3.8) is 0 Å². The zero-order valence-corrected chi connectivity index (χ0v) is 23.6. The first-order valence-corrected chi connectivity index (χ1v) is 13.0. The van der Waals surface area contributed by atoms with Gasteiger partial charge in [-0.1, -0.05) is 20.8 Å². The first kappa shape index (κ1) is 27.9. The Bertz CT molecular complexity index is 1360. The summed E-state index contributed by atoms with van der Waals surface area (Å²) in [5.41, 5.74) is 4.22. The molecular formula is C29H37N5O5. The van der Waals surface area contributed by atoms with Crippen LogP contribution in [0, 0.1) is 5.41 Å². The number of anilines is 2. The van der Waals surface area contributed by atoms with Gasteiger partial charge in [0.1, 0.15) is 24.2 Å². The Balaban J connectivity index is 1.69. The van der Waals surface area contributed by atoms with E-state index in [4.69, 9.17) is 10.1 Å². The first-order chi connectivity index (χ1) is 18.2. The molecule has 2 aromatic rings. The number of aliphatic carboxylic acids is 1. The average molecular weight is 536 g/mol. The van der Waals surface area contributed by atoms with E-state index in [0.29, 0.717) is 47.8 Å². The lowest BCUT2D eigenvalue weighted by Gasteiger charge is -2.37. The number of amidine groups is 1. The molecule has 3 N–H and O–H groups in total. The van der Waals surface area contributed by atoms with Crippen LogP contribution in [0.2, 0.25) is 0 Å². The van der Waals surface area contributed by atoms with Crippen LogP contribution in [0.3, 0.4) is 0 Å². The molecule has 1 atom stereocenters. The zero-order valence-electron chi connectivity index (χ0n) is 23.6. The normalized spacial score (nSPS) is 15.3. The molecule has 4 rings (SSSR count). The Morgan fingerprint density at radius 2 is 1.87 bits per heavy atom. The monoisotopic (exact) mass is 535 g/mol. The molecular weight excluding hydrogens is 498 g/mol. The Kier molecular flexibility index (Phi) is 7.34. The number of hydrogen-bond acceptors (Lipinski definition) is 7. The predicted molar refractivity (Wildman–Crippen MR) is 151 cm³/mol. The highest BCUT2D eigenvalue weighted by molar-refractivity contribution is 6.09. The maximum Gasteiger partial charge on any atom is 0.326 e. The Morgan fingerprint density at radius 1 is 1.18 bits per heavy atom. The van der Waals surface area contributed by atoms with E-state index in [2.05, 4.69) is 5.32 Å². The number of carboxylic acids is 1. The summed E-state index contributed by atoms with van der Waals surface area (Å²) in [6, 6.07) is 6.38. The van der Waals surface area contributed by atoms with E-state index in [1.807, 2.05) is 51.9 Å². The fraction of sp³-hybridized carbons (Fsp3) is 0.448. The smallest absolute Gasteiger partial charge is 0.326 e. The number of nitrogens with zero attached hydrogens (tertiary/aromatic N) is 3. The number of rotatable bonds is 7. The van der Waals surface area contributed by atoms with E-state index in [1.165, 1.54) is 0 Å². The van der Waals surface area contributed by atoms with Crippen molar-refractivity contribution in [1.29, 1.82) is 5.41 Å². The lowest BCUT2D eigenvalue weighted by Crippen LogP contribution is -2.44. The number of Topliss-reactive ketones (excluding diaryl/α,β-unsaturated/α-hetero) is 1. The van der Waals surface area contributed by atoms with Crippen LogP contribution in [0.25, 0.3) is 0 Å². The molecule has 0 bridgehead atoms. The zero-order chi connectivity index (χ0) is 28.8. The minimum Gasteiger partial charge on any atom is -0.489 e. The van der Waals surface area contributed by atoms with Crippen molar-refractivity contribution >= 4 is 34.9 Å². The summed E-state index contributed by atoms with van der Waals surface area (Å²) in [5, 5.41) is 21.1. The van der Waals surface area contributed by atoms with Crippen molar-refractivity contribution in [2.24, 2.45) is 0 Å². The number of carboxylic acid groups (broad SMARTS) is 1. The average Bonchev–Trinajstić information content (AvgIpc) is 3.19. The molecule has 208 valence electrons. The molecule has 0 aromatic heterocycles. The Hall–Kier alpha value is -4.08. The van der Waals surface area contributed by atoms with Gasteiger partial charge in [-0.15, -0.1) is 0 Å². The van der Waals surface area contributed by atoms with Gasteiger partial charge in [0.05, 0.1) is 24.3 Å². The fourth-order valence-electron chi connectivity index (χ4n) is 5.12. The first-order valence-electron chi connectivity index (χ1n) is 13.0. The van der Waals surface area contributed by atoms with Gasteiger partial charge in [0.2, 0.25) is 0 Å². The largest absolute Gasteiger partial charge is 0.489 e. The van der Waals surface area contributed by atoms with Crippen molar-refractivity contribution in [2.75, 3.05) is 50.6 Å². The van der Waals surface area contributed by atoms with Crippen LogP contribution >= 0.6 is 0 Å². The summed E-state index contributed by atoms with van der Waals surface area (Å²) in [5.74, 6) is -0.581. The van der Waals surface area contributed by atoms with Gasteiger partial charge in [0.15, 0.2) is 5.78 Å². The van der Waals surface area contributed by atoms with Crippen molar-refractivity contribution in [3.8, 4) is 5.75 Å². The van der Waals surface area contributed by atoms with E-state index >= 15 is 0 Å². The van der Waals surface area contributed by atoms with Crippen molar-refractivity contribution in [2.45, 2.75) is 45.7 Å². The van der Waals surface area contributed by atoms with Crippen molar-refractivity contribution in [3.05, 3.63) is 52.1 Å². The molecule has 0 fully saturated rings. The second-order valence-corrected chi connectivity index (χ2v) is 11.3. The topological polar surface area (TPSA) is 126 Å². The van der Waals surface area contributed by atoms with E-state index in [0.717, 1.165) is 16.8 Å². The van der Waals surface area contributed by atoms with Crippen LogP contribution in [0.15, 0.2) is 24.3 Å². The van der Waals surface area contributed by atoms with Crippen molar-refractivity contribution in [1.82, 2.24) is 10.2 Å². The second-order valence-electron chi connectivity index (χ2n) is 11.3. The molecule has 10 heteroatoms. The van der Waals surface area contributed by atoms with Gasteiger partial charge in [0, 0.05) is 50.1 Å². The molecule has 0 saturated heterocycles.